The first-order valence-electron chi connectivity index (χ1n) is 10.7. The third kappa shape index (κ3) is 5.89. The fourth-order valence-electron chi connectivity index (χ4n) is 3.20. The molecular weight excluding hydrogens is 462 g/mol. The number of hydrogen-bond donors (Lipinski definition) is 1. The Balaban J connectivity index is 1.74. The number of carbonyl (C=O) groups excluding carboxylic acids is 1. The van der Waals surface area contributed by atoms with E-state index in [1.807, 2.05) is 32.2 Å². The first kappa shape index (κ1) is 24.7. The zero-order chi connectivity index (χ0) is 23.1. The topological polar surface area (TPSA) is 79.4 Å². The van der Waals surface area contributed by atoms with E-state index in [-0.39, 0.29) is 10.8 Å². The van der Waals surface area contributed by atoms with Crippen molar-refractivity contribution in [1.82, 2.24) is 9.29 Å². The van der Waals surface area contributed by atoms with Crippen molar-refractivity contribution in [2.45, 2.75) is 49.3 Å². The van der Waals surface area contributed by atoms with Gasteiger partial charge >= 0.3 is 0 Å². The van der Waals surface area contributed by atoms with Gasteiger partial charge in [-0.3, -0.25) is 10.1 Å². The molecule has 2 aromatic carbocycles. The largest absolute Gasteiger partial charge is 0.298 e. The Kier molecular flexibility index (Phi) is 8.70. The summed E-state index contributed by atoms with van der Waals surface area (Å²) in [4.78, 5) is 18.5. The molecule has 32 heavy (non-hydrogen) atoms. The van der Waals surface area contributed by atoms with Gasteiger partial charge in [0.25, 0.3) is 5.91 Å². The zero-order valence-corrected chi connectivity index (χ0v) is 21.1. The van der Waals surface area contributed by atoms with Crippen LogP contribution in [0.2, 0.25) is 0 Å². The van der Waals surface area contributed by atoms with Crippen LogP contribution in [0.15, 0.2) is 52.3 Å². The SMILES string of the molecule is CCCCN(CCCC)S(=O)(=O)c1ccc(C(=O)Nc2nc3ccc(SC)cc3s2)cc1. The fraction of sp³-hybridized carbons (Fsp3) is 0.391. The maximum absolute atomic E-state index is 13.1. The van der Waals surface area contributed by atoms with Gasteiger partial charge in [-0.25, -0.2) is 13.4 Å². The van der Waals surface area contributed by atoms with E-state index in [1.165, 1.54) is 23.5 Å². The number of aromatic nitrogens is 1. The maximum Gasteiger partial charge on any atom is 0.257 e. The predicted molar refractivity (Wildman–Crippen MR) is 134 cm³/mol. The van der Waals surface area contributed by atoms with Gasteiger partial charge in [-0.2, -0.15) is 4.31 Å². The number of amides is 1. The van der Waals surface area contributed by atoms with Crippen LogP contribution in [0, 0.1) is 0 Å². The first-order valence-corrected chi connectivity index (χ1v) is 14.2. The first-order chi connectivity index (χ1) is 15.4. The number of fused-ring (bicyclic) bond motifs is 1. The Morgan fingerprint density at radius 1 is 1.06 bits per heavy atom. The Bertz CT molecular complexity index is 1150. The second-order valence-electron chi connectivity index (χ2n) is 7.44. The number of rotatable bonds is 11. The van der Waals surface area contributed by atoms with Gasteiger partial charge in [0.2, 0.25) is 10.0 Å². The minimum absolute atomic E-state index is 0.214. The highest BCUT2D eigenvalue weighted by Crippen LogP contribution is 2.29. The van der Waals surface area contributed by atoms with Gasteiger partial charge in [-0.15, -0.1) is 11.8 Å². The highest BCUT2D eigenvalue weighted by Gasteiger charge is 2.24. The zero-order valence-electron chi connectivity index (χ0n) is 18.6. The lowest BCUT2D eigenvalue weighted by molar-refractivity contribution is 0.102. The predicted octanol–water partition coefficient (Wildman–Crippen LogP) is 5.86. The quantitative estimate of drug-likeness (QED) is 0.340. The molecular formula is C23H29N3O3S3. The number of nitrogens with zero attached hydrogens (tertiary/aromatic N) is 2. The molecule has 6 nitrogen and oxygen atoms in total. The molecule has 0 spiro atoms. The molecule has 1 amide bonds. The Morgan fingerprint density at radius 2 is 1.72 bits per heavy atom. The normalized spacial score (nSPS) is 11.9. The van der Waals surface area contributed by atoms with Crippen molar-refractivity contribution in [2.24, 2.45) is 0 Å². The molecule has 0 bridgehead atoms. The van der Waals surface area contributed by atoms with Crippen molar-refractivity contribution in [1.29, 1.82) is 0 Å². The summed E-state index contributed by atoms with van der Waals surface area (Å²) in [5, 5.41) is 3.34. The highest BCUT2D eigenvalue weighted by molar-refractivity contribution is 7.98. The average Bonchev–Trinajstić information content (AvgIpc) is 3.20. The summed E-state index contributed by atoms with van der Waals surface area (Å²) < 4.78 is 28.7. The number of unbranched alkanes of at least 4 members (excludes halogenated alkanes) is 2. The number of sulfonamides is 1. The summed E-state index contributed by atoms with van der Waals surface area (Å²) >= 11 is 3.07. The lowest BCUT2D eigenvalue weighted by Crippen LogP contribution is -2.33. The number of thioether (sulfide) groups is 1. The number of carbonyl (C=O) groups is 1. The molecule has 0 saturated carbocycles. The summed E-state index contributed by atoms with van der Waals surface area (Å²) in [6, 6.07) is 12.1. The van der Waals surface area contributed by atoms with Gasteiger partial charge in [-0.1, -0.05) is 38.0 Å². The van der Waals surface area contributed by atoms with E-state index >= 15 is 0 Å². The van der Waals surface area contributed by atoms with Gasteiger partial charge in [0.15, 0.2) is 5.13 Å². The Morgan fingerprint density at radius 3 is 2.31 bits per heavy atom. The van der Waals surface area contributed by atoms with Crippen molar-refractivity contribution in [2.75, 3.05) is 24.7 Å². The monoisotopic (exact) mass is 491 g/mol. The number of nitrogens with one attached hydrogen (secondary N) is 1. The lowest BCUT2D eigenvalue weighted by Gasteiger charge is -2.22. The highest BCUT2D eigenvalue weighted by atomic mass is 32.2. The average molecular weight is 492 g/mol. The van der Waals surface area contributed by atoms with Crippen LogP contribution in [0.5, 0.6) is 0 Å². The van der Waals surface area contributed by atoms with Gasteiger partial charge in [0.05, 0.1) is 15.1 Å². The Labute approximate surface area is 198 Å². The molecule has 1 aromatic heterocycles. The van der Waals surface area contributed by atoms with E-state index in [0.29, 0.717) is 23.8 Å². The molecule has 0 aliphatic heterocycles. The number of benzene rings is 2. The van der Waals surface area contributed by atoms with Crippen LogP contribution in [0.4, 0.5) is 5.13 Å². The van der Waals surface area contributed by atoms with Crippen molar-refractivity contribution in [3.8, 4) is 0 Å². The second-order valence-corrected chi connectivity index (χ2v) is 11.3. The third-order valence-corrected chi connectivity index (χ3v) is 8.66. The summed E-state index contributed by atoms with van der Waals surface area (Å²) in [5.41, 5.74) is 1.23. The van der Waals surface area contributed by atoms with E-state index in [0.717, 1.165) is 40.8 Å². The maximum atomic E-state index is 13.1. The summed E-state index contributed by atoms with van der Waals surface area (Å²) in [7, 11) is -3.58. The van der Waals surface area contributed by atoms with E-state index in [9.17, 15) is 13.2 Å². The van der Waals surface area contributed by atoms with Crippen molar-refractivity contribution >= 4 is 54.4 Å². The van der Waals surface area contributed by atoms with E-state index < -0.39 is 10.0 Å². The molecule has 3 aromatic rings. The number of thiazole rings is 1. The van der Waals surface area contributed by atoms with E-state index in [4.69, 9.17) is 0 Å². The molecule has 9 heteroatoms. The Hall–Kier alpha value is -1.94. The fourth-order valence-corrected chi connectivity index (χ4v) is 6.13. The van der Waals surface area contributed by atoms with Crippen molar-refractivity contribution < 1.29 is 13.2 Å². The molecule has 0 fully saturated rings. The van der Waals surface area contributed by atoms with Crippen LogP contribution in [-0.4, -0.2) is 43.0 Å². The van der Waals surface area contributed by atoms with Crippen LogP contribution in [0.1, 0.15) is 49.9 Å². The minimum atomic E-state index is -3.58. The molecule has 172 valence electrons. The molecule has 0 saturated heterocycles. The van der Waals surface area contributed by atoms with Gasteiger partial charge in [0.1, 0.15) is 0 Å². The summed E-state index contributed by atoms with van der Waals surface area (Å²) in [6.07, 6.45) is 5.53. The summed E-state index contributed by atoms with van der Waals surface area (Å²) in [6.45, 7) is 5.12. The third-order valence-electron chi connectivity index (χ3n) is 5.09. The van der Waals surface area contributed by atoms with Gasteiger partial charge < -0.3 is 0 Å². The molecule has 3 rings (SSSR count). The molecule has 0 unspecified atom stereocenters. The number of hydrogen-bond acceptors (Lipinski definition) is 6. The molecule has 1 heterocycles. The standard InChI is InChI=1S/C23H29N3O3S3/c1-4-6-14-26(15-7-5-2)32(28,29)19-11-8-17(9-12-19)22(27)25-23-24-20-13-10-18(30-3)16-21(20)31-23/h8-13,16H,4-7,14-15H2,1-3H3,(H,24,25,27). The molecule has 1 N–H and O–H groups in total. The second kappa shape index (κ2) is 11.3. The van der Waals surface area contributed by atoms with E-state index in [2.05, 4.69) is 16.4 Å². The van der Waals surface area contributed by atoms with Crippen LogP contribution in [-0.2, 0) is 10.0 Å². The lowest BCUT2D eigenvalue weighted by atomic mass is 10.2. The molecule has 0 aliphatic rings. The molecule has 0 atom stereocenters. The van der Waals surface area contributed by atoms with Gasteiger partial charge in [0, 0.05) is 23.5 Å². The van der Waals surface area contributed by atoms with E-state index in [1.54, 1.807) is 28.2 Å². The van der Waals surface area contributed by atoms with Crippen molar-refractivity contribution in [3.63, 3.8) is 0 Å². The van der Waals surface area contributed by atoms with Crippen molar-refractivity contribution in [3.05, 3.63) is 48.0 Å². The molecule has 0 aliphatic carbocycles. The van der Waals surface area contributed by atoms with Gasteiger partial charge in [-0.05, 0) is 61.6 Å². The van der Waals surface area contributed by atoms with Crippen LogP contribution >= 0.6 is 23.1 Å². The molecule has 0 radical (unpaired) electrons. The summed E-state index contributed by atoms with van der Waals surface area (Å²) in [5.74, 6) is -0.313. The minimum Gasteiger partial charge on any atom is -0.298 e. The van der Waals surface area contributed by atoms with Crippen LogP contribution in [0.25, 0.3) is 10.2 Å². The van der Waals surface area contributed by atoms with Crippen LogP contribution in [0.3, 0.4) is 0 Å². The number of anilines is 1. The smallest absolute Gasteiger partial charge is 0.257 e. The van der Waals surface area contributed by atoms with Crippen LogP contribution < -0.4 is 5.32 Å².